The lowest BCUT2D eigenvalue weighted by atomic mass is 9.80. The van der Waals surface area contributed by atoms with Crippen LogP contribution < -0.4 is 0 Å². The molecule has 1 rings (SSSR count). The van der Waals surface area contributed by atoms with Crippen molar-refractivity contribution in [1.29, 1.82) is 0 Å². The summed E-state index contributed by atoms with van der Waals surface area (Å²) < 4.78 is 0. The number of allylic oxidation sites excluding steroid dienone is 3. The van der Waals surface area contributed by atoms with E-state index in [1.807, 2.05) is 18.2 Å². The predicted octanol–water partition coefficient (Wildman–Crippen LogP) is 4.92. The van der Waals surface area contributed by atoms with E-state index in [2.05, 4.69) is 26.8 Å². The minimum absolute atomic E-state index is 0.0290. The van der Waals surface area contributed by atoms with E-state index in [0.717, 1.165) is 38.5 Å². The van der Waals surface area contributed by atoms with Gasteiger partial charge in [0.2, 0.25) is 0 Å². The van der Waals surface area contributed by atoms with Crippen molar-refractivity contribution in [2.45, 2.75) is 84.7 Å². The summed E-state index contributed by atoms with van der Waals surface area (Å²) in [5, 5.41) is 19.1. The monoisotopic (exact) mass is 364 g/mol. The molecule has 1 saturated carbocycles. The van der Waals surface area contributed by atoms with E-state index in [1.54, 1.807) is 0 Å². The number of Topliss-reactive ketones (excluding diaryl/α,β-unsaturated/α-hetero) is 1. The van der Waals surface area contributed by atoms with E-state index in [9.17, 15) is 14.7 Å². The molecule has 4 heteroatoms. The average molecular weight is 365 g/mol. The van der Waals surface area contributed by atoms with Crippen molar-refractivity contribution >= 4 is 11.8 Å². The van der Waals surface area contributed by atoms with Gasteiger partial charge in [-0.3, -0.25) is 9.59 Å². The van der Waals surface area contributed by atoms with E-state index >= 15 is 0 Å². The highest BCUT2D eigenvalue weighted by Gasteiger charge is 2.33. The Morgan fingerprint density at radius 1 is 1.31 bits per heavy atom. The molecule has 3 atom stereocenters. The Labute approximate surface area is 158 Å². The standard InChI is InChI=1S/C22H36O4/c1-4-5-16-22(2,3)20(24)15-13-17-12-14-19(23)18(17)10-8-6-7-9-11-21(25)26/h6-7,13,15,17-18,20,24H,4-5,8-12,14,16H2,1-3H3,(H,25,26)/b7-6-,15-13+. The Kier molecular flexibility index (Phi) is 9.85. The maximum absolute atomic E-state index is 12.2. The van der Waals surface area contributed by atoms with Gasteiger partial charge in [0.15, 0.2) is 0 Å². The average Bonchev–Trinajstić information content (AvgIpc) is 2.93. The molecule has 2 N–H and O–H groups in total. The lowest BCUT2D eigenvalue weighted by molar-refractivity contribution is -0.136. The van der Waals surface area contributed by atoms with Gasteiger partial charge < -0.3 is 10.2 Å². The van der Waals surface area contributed by atoms with Gasteiger partial charge in [-0.2, -0.15) is 0 Å². The summed E-state index contributed by atoms with van der Waals surface area (Å²) in [6, 6.07) is 0. The minimum atomic E-state index is -0.786. The smallest absolute Gasteiger partial charge is 0.303 e. The molecule has 3 unspecified atom stereocenters. The van der Waals surface area contributed by atoms with Crippen LogP contribution in [0.5, 0.6) is 0 Å². The molecule has 148 valence electrons. The molecule has 1 fully saturated rings. The molecular weight excluding hydrogens is 328 g/mol. The second-order valence-electron chi connectivity index (χ2n) is 8.18. The fraction of sp³-hybridized carbons (Fsp3) is 0.727. The molecule has 0 heterocycles. The van der Waals surface area contributed by atoms with Crippen LogP contribution in [-0.4, -0.2) is 28.1 Å². The first kappa shape index (κ1) is 22.6. The second-order valence-corrected chi connectivity index (χ2v) is 8.18. The number of carboxylic acids is 1. The fourth-order valence-electron chi connectivity index (χ4n) is 3.55. The summed E-state index contributed by atoms with van der Waals surface area (Å²) >= 11 is 0. The summed E-state index contributed by atoms with van der Waals surface area (Å²) in [5.74, 6) is -0.225. The van der Waals surface area contributed by atoms with Gasteiger partial charge in [-0.25, -0.2) is 0 Å². The van der Waals surface area contributed by atoms with Crippen molar-refractivity contribution in [3.8, 4) is 0 Å². The topological polar surface area (TPSA) is 74.6 Å². The van der Waals surface area contributed by atoms with Crippen molar-refractivity contribution in [3.05, 3.63) is 24.3 Å². The number of ketones is 1. The molecule has 0 bridgehead atoms. The number of hydrogen-bond donors (Lipinski definition) is 2. The van der Waals surface area contributed by atoms with Crippen LogP contribution >= 0.6 is 0 Å². The third-order valence-electron chi connectivity index (χ3n) is 5.51. The van der Waals surface area contributed by atoms with Crippen molar-refractivity contribution in [3.63, 3.8) is 0 Å². The van der Waals surface area contributed by atoms with Crippen molar-refractivity contribution in [2.75, 3.05) is 0 Å². The minimum Gasteiger partial charge on any atom is -0.481 e. The van der Waals surface area contributed by atoms with Gasteiger partial charge >= 0.3 is 5.97 Å². The number of carbonyl (C=O) groups is 2. The number of hydrogen-bond acceptors (Lipinski definition) is 3. The third kappa shape index (κ3) is 7.86. The fourth-order valence-corrected chi connectivity index (χ4v) is 3.55. The number of aliphatic carboxylic acids is 1. The van der Waals surface area contributed by atoms with E-state index in [-0.39, 0.29) is 23.7 Å². The number of carboxylic acid groups (broad SMARTS) is 1. The van der Waals surface area contributed by atoms with Crippen LogP contribution in [0.3, 0.4) is 0 Å². The number of rotatable bonds is 12. The first-order valence-corrected chi connectivity index (χ1v) is 10.0. The van der Waals surface area contributed by atoms with Gasteiger partial charge in [0, 0.05) is 18.8 Å². The zero-order valence-corrected chi connectivity index (χ0v) is 16.6. The van der Waals surface area contributed by atoms with Crippen LogP contribution in [0.15, 0.2) is 24.3 Å². The lowest BCUT2D eigenvalue weighted by Crippen LogP contribution is -2.27. The number of aliphatic hydroxyl groups excluding tert-OH is 1. The zero-order chi connectivity index (χ0) is 19.6. The summed E-state index contributed by atoms with van der Waals surface area (Å²) in [5.41, 5.74) is -0.141. The van der Waals surface area contributed by atoms with Gasteiger partial charge in [0.05, 0.1) is 6.10 Å². The number of unbranched alkanes of at least 4 members (excludes halogenated alkanes) is 1. The molecule has 0 spiro atoms. The number of carbonyl (C=O) groups excluding carboxylic acids is 1. The Morgan fingerprint density at radius 3 is 2.65 bits per heavy atom. The van der Waals surface area contributed by atoms with Crippen molar-refractivity contribution in [1.82, 2.24) is 0 Å². The van der Waals surface area contributed by atoms with Crippen LogP contribution in [0, 0.1) is 17.3 Å². The lowest BCUT2D eigenvalue weighted by Gasteiger charge is -2.29. The highest BCUT2D eigenvalue weighted by Crippen LogP contribution is 2.35. The molecule has 0 saturated heterocycles. The molecule has 0 radical (unpaired) electrons. The Hall–Kier alpha value is -1.42. The molecule has 0 aliphatic heterocycles. The molecule has 26 heavy (non-hydrogen) atoms. The van der Waals surface area contributed by atoms with Crippen LogP contribution in [0.2, 0.25) is 0 Å². The molecular formula is C22H36O4. The van der Waals surface area contributed by atoms with Gasteiger partial charge in [-0.15, -0.1) is 0 Å². The molecule has 4 nitrogen and oxygen atoms in total. The summed E-state index contributed by atoms with van der Waals surface area (Å²) in [6.07, 6.45) is 14.3. The Morgan fingerprint density at radius 2 is 2.00 bits per heavy atom. The maximum Gasteiger partial charge on any atom is 0.303 e. The normalized spacial score (nSPS) is 22.5. The van der Waals surface area contributed by atoms with Gasteiger partial charge in [0.25, 0.3) is 0 Å². The van der Waals surface area contributed by atoms with E-state index in [1.165, 1.54) is 0 Å². The molecule has 0 aromatic rings. The van der Waals surface area contributed by atoms with Gasteiger partial charge in [0.1, 0.15) is 5.78 Å². The largest absolute Gasteiger partial charge is 0.481 e. The third-order valence-corrected chi connectivity index (χ3v) is 5.51. The molecule has 0 aromatic carbocycles. The Bertz CT molecular complexity index is 504. The number of aliphatic hydroxyl groups is 1. The summed E-state index contributed by atoms with van der Waals surface area (Å²) in [4.78, 5) is 22.7. The second kappa shape index (κ2) is 11.3. The van der Waals surface area contributed by atoms with Crippen LogP contribution in [0.1, 0.15) is 78.6 Å². The van der Waals surface area contributed by atoms with E-state index in [4.69, 9.17) is 5.11 Å². The van der Waals surface area contributed by atoms with Gasteiger partial charge in [-0.1, -0.05) is 57.9 Å². The SMILES string of the molecule is CCCCC(C)(C)C(O)/C=C/C1CCC(=O)C1CC/C=C\CCC(=O)O. The molecule has 0 amide bonds. The molecule has 0 aromatic heterocycles. The molecule has 1 aliphatic rings. The van der Waals surface area contributed by atoms with E-state index in [0.29, 0.717) is 18.6 Å². The highest BCUT2D eigenvalue weighted by atomic mass is 16.4. The zero-order valence-electron chi connectivity index (χ0n) is 16.6. The van der Waals surface area contributed by atoms with Crippen LogP contribution in [-0.2, 0) is 9.59 Å². The van der Waals surface area contributed by atoms with Gasteiger partial charge in [-0.05, 0) is 43.4 Å². The van der Waals surface area contributed by atoms with Crippen LogP contribution in [0.25, 0.3) is 0 Å². The van der Waals surface area contributed by atoms with E-state index < -0.39 is 12.1 Å². The quantitative estimate of drug-likeness (QED) is 0.482. The van der Waals surface area contributed by atoms with Crippen molar-refractivity contribution < 1.29 is 19.8 Å². The summed E-state index contributed by atoms with van der Waals surface area (Å²) in [6.45, 7) is 6.34. The molecule has 1 aliphatic carbocycles. The van der Waals surface area contributed by atoms with Crippen LogP contribution in [0.4, 0.5) is 0 Å². The first-order valence-electron chi connectivity index (χ1n) is 10.0. The first-order chi connectivity index (χ1) is 12.3. The van der Waals surface area contributed by atoms with Crippen molar-refractivity contribution in [2.24, 2.45) is 17.3 Å². The Balaban J connectivity index is 2.51. The summed E-state index contributed by atoms with van der Waals surface area (Å²) in [7, 11) is 0. The maximum atomic E-state index is 12.2. The predicted molar refractivity (Wildman–Crippen MR) is 105 cm³/mol. The highest BCUT2D eigenvalue weighted by molar-refractivity contribution is 5.83.